The average molecular weight is 220 g/mol. The number of nitrogens with zero attached hydrogens (tertiary/aromatic N) is 1. The molecule has 0 bridgehead atoms. The third-order valence-electron chi connectivity index (χ3n) is 2.66. The van der Waals surface area contributed by atoms with Crippen LogP contribution in [0.25, 0.3) is 0 Å². The molecule has 0 heterocycles. The molecule has 2 N–H and O–H groups in total. The van der Waals surface area contributed by atoms with Crippen LogP contribution in [-0.4, -0.2) is 19.0 Å². The smallest absolute Gasteiger partial charge is 0.240 e. The normalized spacial score (nSPS) is 10.6. The second-order valence-electron chi connectivity index (χ2n) is 4.09. The molecule has 0 radical (unpaired) electrons. The number of carbonyl (C=O) groups excluding carboxylic acids is 1. The van der Waals surface area contributed by atoms with Crippen molar-refractivity contribution in [1.29, 1.82) is 0 Å². The van der Waals surface area contributed by atoms with Gasteiger partial charge in [-0.1, -0.05) is 26.0 Å². The first kappa shape index (κ1) is 12.7. The summed E-state index contributed by atoms with van der Waals surface area (Å²) >= 11 is 0. The van der Waals surface area contributed by atoms with Gasteiger partial charge in [-0.3, -0.25) is 4.79 Å². The molecule has 1 aromatic carbocycles. The van der Waals surface area contributed by atoms with Crippen LogP contribution >= 0.6 is 0 Å². The van der Waals surface area contributed by atoms with Crippen molar-refractivity contribution in [2.24, 2.45) is 5.73 Å². The lowest BCUT2D eigenvalue weighted by molar-refractivity contribution is -0.117. The van der Waals surface area contributed by atoms with Gasteiger partial charge in [-0.2, -0.15) is 0 Å². The van der Waals surface area contributed by atoms with Gasteiger partial charge in [0.05, 0.1) is 6.54 Å². The summed E-state index contributed by atoms with van der Waals surface area (Å²) in [5.74, 6) is 0.467. The molecule has 0 saturated carbocycles. The van der Waals surface area contributed by atoms with Crippen molar-refractivity contribution in [3.8, 4) is 0 Å². The third kappa shape index (κ3) is 2.83. The van der Waals surface area contributed by atoms with Crippen molar-refractivity contribution in [3.05, 3.63) is 29.8 Å². The minimum absolute atomic E-state index is 0.0419. The summed E-state index contributed by atoms with van der Waals surface area (Å²) in [5, 5.41) is 0. The largest absolute Gasteiger partial charge is 0.322 e. The van der Waals surface area contributed by atoms with Gasteiger partial charge in [0.25, 0.3) is 0 Å². The Hall–Kier alpha value is -1.35. The molecule has 88 valence electrons. The van der Waals surface area contributed by atoms with Gasteiger partial charge in [0.15, 0.2) is 0 Å². The Balaban J connectivity index is 2.90. The fourth-order valence-electron chi connectivity index (χ4n) is 1.65. The van der Waals surface area contributed by atoms with Crippen LogP contribution in [0, 0.1) is 0 Å². The molecule has 0 atom stereocenters. The summed E-state index contributed by atoms with van der Waals surface area (Å²) in [5.41, 5.74) is 7.57. The number of rotatable bonds is 4. The number of anilines is 1. The van der Waals surface area contributed by atoms with E-state index in [-0.39, 0.29) is 12.5 Å². The van der Waals surface area contributed by atoms with Gasteiger partial charge in [0.1, 0.15) is 0 Å². The molecule has 0 aliphatic heterocycles. The molecule has 0 aromatic heterocycles. The van der Waals surface area contributed by atoms with Crippen molar-refractivity contribution in [3.63, 3.8) is 0 Å². The van der Waals surface area contributed by atoms with Gasteiger partial charge in [-0.15, -0.1) is 0 Å². The first-order valence-corrected chi connectivity index (χ1v) is 5.70. The van der Waals surface area contributed by atoms with Gasteiger partial charge in [-0.25, -0.2) is 0 Å². The lowest BCUT2D eigenvalue weighted by Crippen LogP contribution is -2.35. The molecule has 0 unspecified atom stereocenters. The van der Waals surface area contributed by atoms with Gasteiger partial charge in [0, 0.05) is 12.2 Å². The fourth-order valence-corrected chi connectivity index (χ4v) is 1.65. The van der Waals surface area contributed by atoms with Crippen LogP contribution < -0.4 is 10.6 Å². The maximum absolute atomic E-state index is 11.6. The number of hydrogen-bond donors (Lipinski definition) is 1. The van der Waals surface area contributed by atoms with Crippen molar-refractivity contribution >= 4 is 11.6 Å². The Morgan fingerprint density at radius 3 is 2.25 bits per heavy atom. The topological polar surface area (TPSA) is 46.3 Å². The van der Waals surface area contributed by atoms with Crippen LogP contribution in [-0.2, 0) is 4.79 Å². The standard InChI is InChI=1S/C13H20N2O/c1-4-15(13(16)9-14)12-7-5-11(6-8-12)10(2)3/h5-8,10H,4,9,14H2,1-3H3. The van der Waals surface area contributed by atoms with Crippen molar-refractivity contribution in [2.45, 2.75) is 26.7 Å². The summed E-state index contributed by atoms with van der Waals surface area (Å²) < 4.78 is 0. The summed E-state index contributed by atoms with van der Waals surface area (Å²) in [6.45, 7) is 6.95. The maximum atomic E-state index is 11.6. The van der Waals surface area contributed by atoms with E-state index in [0.29, 0.717) is 12.5 Å². The number of hydrogen-bond acceptors (Lipinski definition) is 2. The molecule has 0 saturated heterocycles. The van der Waals surface area contributed by atoms with E-state index in [1.54, 1.807) is 4.90 Å². The number of benzene rings is 1. The predicted molar refractivity (Wildman–Crippen MR) is 67.6 cm³/mol. The first-order valence-electron chi connectivity index (χ1n) is 5.70. The summed E-state index contributed by atoms with van der Waals surface area (Å²) in [7, 11) is 0. The molecule has 3 heteroatoms. The summed E-state index contributed by atoms with van der Waals surface area (Å²) in [4.78, 5) is 13.3. The van der Waals surface area contributed by atoms with E-state index >= 15 is 0 Å². The molecule has 0 aliphatic carbocycles. The van der Waals surface area contributed by atoms with Crippen LogP contribution in [0.5, 0.6) is 0 Å². The summed E-state index contributed by atoms with van der Waals surface area (Å²) in [6.07, 6.45) is 0. The van der Waals surface area contributed by atoms with Crippen molar-refractivity contribution in [1.82, 2.24) is 0 Å². The molecule has 0 spiro atoms. The van der Waals surface area contributed by atoms with Crippen LogP contribution in [0.2, 0.25) is 0 Å². The zero-order valence-electron chi connectivity index (χ0n) is 10.2. The second-order valence-corrected chi connectivity index (χ2v) is 4.09. The Morgan fingerprint density at radius 1 is 1.31 bits per heavy atom. The Bertz CT molecular complexity index is 343. The number of nitrogens with two attached hydrogens (primary N) is 1. The van der Waals surface area contributed by atoms with Gasteiger partial charge >= 0.3 is 0 Å². The van der Waals surface area contributed by atoms with Gasteiger partial charge in [0.2, 0.25) is 5.91 Å². The van der Waals surface area contributed by atoms with Crippen LogP contribution in [0.15, 0.2) is 24.3 Å². The van der Waals surface area contributed by atoms with Crippen LogP contribution in [0.3, 0.4) is 0 Å². The van der Waals surface area contributed by atoms with Crippen molar-refractivity contribution in [2.75, 3.05) is 18.0 Å². The van der Waals surface area contributed by atoms with Gasteiger partial charge < -0.3 is 10.6 Å². The SMILES string of the molecule is CCN(C(=O)CN)c1ccc(C(C)C)cc1. The third-order valence-corrected chi connectivity index (χ3v) is 2.66. The average Bonchev–Trinajstić information content (AvgIpc) is 2.30. The predicted octanol–water partition coefficient (Wildman–Crippen LogP) is 2.12. The lowest BCUT2D eigenvalue weighted by atomic mass is 10.0. The Morgan fingerprint density at radius 2 is 1.88 bits per heavy atom. The highest BCUT2D eigenvalue weighted by molar-refractivity contribution is 5.94. The number of carbonyl (C=O) groups is 1. The van der Waals surface area contributed by atoms with E-state index in [1.165, 1.54) is 5.56 Å². The quantitative estimate of drug-likeness (QED) is 0.844. The monoisotopic (exact) mass is 220 g/mol. The summed E-state index contributed by atoms with van der Waals surface area (Å²) in [6, 6.07) is 8.08. The van der Waals surface area contributed by atoms with Crippen molar-refractivity contribution < 1.29 is 4.79 Å². The first-order chi connectivity index (χ1) is 7.60. The highest BCUT2D eigenvalue weighted by Crippen LogP contribution is 2.19. The minimum Gasteiger partial charge on any atom is -0.322 e. The Labute approximate surface area is 97.2 Å². The van der Waals surface area contributed by atoms with Crippen LogP contribution in [0.1, 0.15) is 32.3 Å². The van der Waals surface area contributed by atoms with E-state index in [9.17, 15) is 4.79 Å². The zero-order chi connectivity index (χ0) is 12.1. The Kier molecular flexibility index (Phi) is 4.50. The molecule has 1 rings (SSSR count). The molecule has 0 fully saturated rings. The lowest BCUT2D eigenvalue weighted by Gasteiger charge is -2.20. The molecule has 0 aliphatic rings. The van der Waals surface area contributed by atoms with E-state index < -0.39 is 0 Å². The molecular weight excluding hydrogens is 200 g/mol. The fraction of sp³-hybridized carbons (Fsp3) is 0.462. The molecular formula is C13H20N2O. The van der Waals surface area contributed by atoms with E-state index in [2.05, 4.69) is 26.0 Å². The molecule has 1 amide bonds. The van der Waals surface area contributed by atoms with E-state index in [0.717, 1.165) is 5.69 Å². The van der Waals surface area contributed by atoms with E-state index in [1.807, 2.05) is 19.1 Å². The molecule has 3 nitrogen and oxygen atoms in total. The van der Waals surface area contributed by atoms with Gasteiger partial charge in [-0.05, 0) is 30.5 Å². The molecule has 16 heavy (non-hydrogen) atoms. The highest BCUT2D eigenvalue weighted by atomic mass is 16.2. The number of likely N-dealkylation sites (N-methyl/N-ethyl adjacent to an activating group) is 1. The molecule has 1 aromatic rings. The van der Waals surface area contributed by atoms with E-state index in [4.69, 9.17) is 5.73 Å². The second kappa shape index (κ2) is 5.66. The maximum Gasteiger partial charge on any atom is 0.240 e. The highest BCUT2D eigenvalue weighted by Gasteiger charge is 2.11. The van der Waals surface area contributed by atoms with Crippen LogP contribution in [0.4, 0.5) is 5.69 Å². The zero-order valence-corrected chi connectivity index (χ0v) is 10.2. The minimum atomic E-state index is -0.0419. The number of amides is 1.